The number of carbonyl (C=O) groups excluding carboxylic acids is 1. The topological polar surface area (TPSA) is 100 Å². The Hall–Kier alpha value is -4.08. The van der Waals surface area contributed by atoms with Crippen molar-refractivity contribution < 1.29 is 27.9 Å². The van der Waals surface area contributed by atoms with Gasteiger partial charge in [0.2, 0.25) is 0 Å². The van der Waals surface area contributed by atoms with Crippen LogP contribution in [0.1, 0.15) is 15.9 Å². The molecule has 1 amide bonds. The van der Waals surface area contributed by atoms with Gasteiger partial charge in [-0.2, -0.15) is 13.2 Å². The Morgan fingerprint density at radius 3 is 2.52 bits per heavy atom. The van der Waals surface area contributed by atoms with Crippen molar-refractivity contribution in [1.82, 2.24) is 19.9 Å². The number of benzene rings is 2. The van der Waals surface area contributed by atoms with Gasteiger partial charge in [-0.3, -0.25) is 4.79 Å². The first-order valence-corrected chi connectivity index (χ1v) is 9.07. The third kappa shape index (κ3) is 4.13. The summed E-state index contributed by atoms with van der Waals surface area (Å²) in [5, 5.41) is 11.1. The van der Waals surface area contributed by atoms with Crippen LogP contribution in [0.25, 0.3) is 28.1 Å². The van der Waals surface area contributed by atoms with E-state index >= 15 is 0 Å². The Morgan fingerprint density at radius 2 is 1.84 bits per heavy atom. The SMILES string of the molecule is O=C(O)c1cccc2[nH]c(-c3ccc(-n4ccc(CNC(=O)C(F)(F)F)c4)cc3)nc12. The number of carboxylic acid groups (broad SMARTS) is 1. The summed E-state index contributed by atoms with van der Waals surface area (Å²) in [4.78, 5) is 29.8. The molecule has 10 heteroatoms. The molecule has 4 aromatic rings. The van der Waals surface area contributed by atoms with Crippen LogP contribution in [0.2, 0.25) is 0 Å². The van der Waals surface area contributed by atoms with Crippen molar-refractivity contribution in [2.75, 3.05) is 0 Å². The molecule has 0 aliphatic carbocycles. The van der Waals surface area contributed by atoms with Crippen molar-refractivity contribution in [2.45, 2.75) is 12.7 Å². The number of rotatable bonds is 5. The predicted octanol–water partition coefficient (Wildman–Crippen LogP) is 3.90. The fourth-order valence-electron chi connectivity index (χ4n) is 3.12. The van der Waals surface area contributed by atoms with Gasteiger partial charge < -0.3 is 20.0 Å². The van der Waals surface area contributed by atoms with E-state index in [-0.39, 0.29) is 12.1 Å². The van der Waals surface area contributed by atoms with Gasteiger partial charge in [-0.15, -0.1) is 0 Å². The molecule has 0 radical (unpaired) electrons. The highest BCUT2D eigenvalue weighted by Crippen LogP contribution is 2.24. The number of hydrogen-bond donors (Lipinski definition) is 3. The first-order chi connectivity index (χ1) is 14.7. The number of halogens is 3. The molecule has 0 saturated carbocycles. The Bertz CT molecular complexity index is 1270. The molecule has 0 spiro atoms. The van der Waals surface area contributed by atoms with E-state index in [0.717, 1.165) is 11.3 Å². The smallest absolute Gasteiger partial charge is 0.471 e. The third-order valence-electron chi connectivity index (χ3n) is 4.65. The van der Waals surface area contributed by atoms with Gasteiger partial charge in [-0.1, -0.05) is 6.07 Å². The average molecular weight is 428 g/mol. The maximum Gasteiger partial charge on any atom is 0.471 e. The molecule has 31 heavy (non-hydrogen) atoms. The lowest BCUT2D eigenvalue weighted by Crippen LogP contribution is -2.36. The standard InChI is InChI=1S/C21H15F3N4O3/c22-21(23,24)20(31)25-10-12-8-9-28(11-12)14-6-4-13(5-7-14)18-26-16-3-1-2-15(19(29)30)17(16)27-18/h1-9,11H,10H2,(H,25,31)(H,26,27)(H,29,30). The van der Waals surface area contributed by atoms with Crippen LogP contribution in [0, 0.1) is 0 Å². The van der Waals surface area contributed by atoms with Crippen LogP contribution in [-0.4, -0.2) is 37.7 Å². The molecule has 2 heterocycles. The van der Waals surface area contributed by atoms with E-state index in [1.807, 2.05) is 5.32 Å². The van der Waals surface area contributed by atoms with Crippen LogP contribution in [0.3, 0.4) is 0 Å². The minimum Gasteiger partial charge on any atom is -0.478 e. The molecule has 0 unspecified atom stereocenters. The van der Waals surface area contributed by atoms with E-state index in [0.29, 0.717) is 22.4 Å². The summed E-state index contributed by atoms with van der Waals surface area (Å²) in [7, 11) is 0. The molecule has 2 aromatic heterocycles. The van der Waals surface area contributed by atoms with Gasteiger partial charge in [-0.25, -0.2) is 9.78 Å². The van der Waals surface area contributed by atoms with Gasteiger partial charge >= 0.3 is 18.1 Å². The van der Waals surface area contributed by atoms with Crippen molar-refractivity contribution >= 4 is 22.9 Å². The van der Waals surface area contributed by atoms with Crippen molar-refractivity contribution in [2.24, 2.45) is 0 Å². The number of nitrogens with zero attached hydrogens (tertiary/aromatic N) is 2. The van der Waals surface area contributed by atoms with Crippen LogP contribution < -0.4 is 5.32 Å². The molecule has 4 rings (SSSR count). The number of alkyl halides is 3. The normalized spacial score (nSPS) is 11.6. The van der Waals surface area contributed by atoms with E-state index < -0.39 is 18.1 Å². The summed E-state index contributed by atoms with van der Waals surface area (Å²) in [5.74, 6) is -2.53. The van der Waals surface area contributed by atoms with E-state index in [2.05, 4.69) is 9.97 Å². The molecule has 0 saturated heterocycles. The van der Waals surface area contributed by atoms with E-state index in [4.69, 9.17) is 0 Å². The summed E-state index contributed by atoms with van der Waals surface area (Å²) < 4.78 is 38.5. The number of amides is 1. The van der Waals surface area contributed by atoms with Gasteiger partial charge in [0.1, 0.15) is 11.3 Å². The molecule has 0 aliphatic rings. The van der Waals surface area contributed by atoms with Gasteiger partial charge in [0.15, 0.2) is 0 Å². The zero-order valence-corrected chi connectivity index (χ0v) is 15.8. The predicted molar refractivity (Wildman–Crippen MR) is 106 cm³/mol. The fraction of sp³-hybridized carbons (Fsp3) is 0.0952. The van der Waals surface area contributed by atoms with Gasteiger partial charge in [0.25, 0.3) is 0 Å². The Morgan fingerprint density at radius 1 is 1.10 bits per heavy atom. The molecule has 0 bridgehead atoms. The third-order valence-corrected chi connectivity index (χ3v) is 4.65. The quantitative estimate of drug-likeness (QED) is 0.449. The van der Waals surface area contributed by atoms with Gasteiger partial charge in [0.05, 0.1) is 11.1 Å². The second-order valence-electron chi connectivity index (χ2n) is 6.75. The summed E-state index contributed by atoms with van der Waals surface area (Å²) in [5.41, 5.74) is 3.08. The summed E-state index contributed by atoms with van der Waals surface area (Å²) in [6, 6.07) is 13.6. The number of para-hydroxylation sites is 1. The fourth-order valence-corrected chi connectivity index (χ4v) is 3.12. The van der Waals surface area contributed by atoms with E-state index in [9.17, 15) is 27.9 Å². The Labute approximate surface area is 173 Å². The zero-order valence-electron chi connectivity index (χ0n) is 15.8. The summed E-state index contributed by atoms with van der Waals surface area (Å²) in [6.07, 6.45) is -1.63. The molecule has 2 aromatic carbocycles. The van der Waals surface area contributed by atoms with Crippen LogP contribution in [0.15, 0.2) is 60.9 Å². The maximum absolute atomic E-state index is 12.3. The second kappa shape index (κ2) is 7.63. The Kier molecular flexibility index (Phi) is 4.97. The minimum atomic E-state index is -4.92. The lowest BCUT2D eigenvalue weighted by Gasteiger charge is -2.07. The molecular weight excluding hydrogens is 413 g/mol. The zero-order chi connectivity index (χ0) is 22.2. The Balaban J connectivity index is 1.52. The first-order valence-electron chi connectivity index (χ1n) is 9.07. The lowest BCUT2D eigenvalue weighted by atomic mass is 10.2. The minimum absolute atomic E-state index is 0.106. The molecule has 0 fully saturated rings. The molecule has 0 aliphatic heterocycles. The molecule has 7 nitrogen and oxygen atoms in total. The number of aromatic carboxylic acids is 1. The van der Waals surface area contributed by atoms with Crippen molar-refractivity contribution in [1.29, 1.82) is 0 Å². The highest BCUT2D eigenvalue weighted by atomic mass is 19.4. The molecule has 158 valence electrons. The summed E-state index contributed by atoms with van der Waals surface area (Å²) >= 11 is 0. The van der Waals surface area contributed by atoms with Gasteiger partial charge in [0, 0.05) is 30.2 Å². The van der Waals surface area contributed by atoms with Crippen molar-refractivity contribution in [3.63, 3.8) is 0 Å². The van der Waals surface area contributed by atoms with E-state index in [1.165, 1.54) is 6.07 Å². The van der Waals surface area contributed by atoms with Crippen molar-refractivity contribution in [3.05, 3.63) is 72.1 Å². The molecule has 0 atom stereocenters. The number of aromatic nitrogens is 3. The average Bonchev–Trinajstić information content (AvgIpc) is 3.38. The van der Waals surface area contributed by atoms with Gasteiger partial charge in [-0.05, 0) is 48.0 Å². The second-order valence-corrected chi connectivity index (χ2v) is 6.75. The van der Waals surface area contributed by atoms with Crippen LogP contribution in [0.4, 0.5) is 13.2 Å². The number of imidazole rings is 1. The van der Waals surface area contributed by atoms with Crippen LogP contribution >= 0.6 is 0 Å². The lowest BCUT2D eigenvalue weighted by molar-refractivity contribution is -0.173. The number of carbonyl (C=O) groups is 2. The number of hydrogen-bond acceptors (Lipinski definition) is 3. The number of H-pyrrole nitrogens is 1. The molecular formula is C21H15F3N4O3. The van der Waals surface area contributed by atoms with Crippen molar-refractivity contribution in [3.8, 4) is 17.1 Å². The first kappa shape index (κ1) is 20.2. The molecule has 3 N–H and O–H groups in total. The number of fused-ring (bicyclic) bond motifs is 1. The van der Waals surface area contributed by atoms with Crippen LogP contribution in [0.5, 0.6) is 0 Å². The maximum atomic E-state index is 12.3. The highest BCUT2D eigenvalue weighted by Gasteiger charge is 2.38. The number of aromatic amines is 1. The summed E-state index contributed by atoms with van der Waals surface area (Å²) in [6.45, 7) is -0.242. The number of carboxylic acids is 1. The van der Waals surface area contributed by atoms with E-state index in [1.54, 1.807) is 59.4 Å². The highest BCUT2D eigenvalue weighted by molar-refractivity contribution is 6.01. The monoisotopic (exact) mass is 428 g/mol. The van der Waals surface area contributed by atoms with Crippen LogP contribution in [-0.2, 0) is 11.3 Å². The largest absolute Gasteiger partial charge is 0.478 e. The number of nitrogens with one attached hydrogen (secondary N) is 2.